The van der Waals surface area contributed by atoms with Gasteiger partial charge >= 0.3 is 0 Å². The summed E-state index contributed by atoms with van der Waals surface area (Å²) in [7, 11) is 0. The standard InChI is InChI=1S/C12H20N2O3/c1-8-7-9(14-17-8)11(16)13-6-5-10(15)12(2,3)4/h7,10,15H,5-6H2,1-4H3,(H,13,16). The SMILES string of the molecule is Cc1cc(C(=O)NCCC(O)C(C)(C)C)no1. The van der Waals surface area contributed by atoms with E-state index in [0.29, 0.717) is 18.7 Å². The van der Waals surface area contributed by atoms with Gasteiger partial charge in [0.1, 0.15) is 5.76 Å². The Hall–Kier alpha value is -1.36. The number of rotatable bonds is 4. The molecule has 0 bridgehead atoms. The lowest BCUT2D eigenvalue weighted by molar-refractivity contribution is 0.0550. The van der Waals surface area contributed by atoms with Gasteiger partial charge < -0.3 is 14.9 Å². The Morgan fingerprint density at radius 2 is 2.24 bits per heavy atom. The van der Waals surface area contributed by atoms with Crippen LogP contribution in [-0.2, 0) is 0 Å². The van der Waals surface area contributed by atoms with E-state index in [0.717, 1.165) is 0 Å². The first-order chi connectivity index (χ1) is 7.80. The molecule has 1 atom stereocenters. The average Bonchev–Trinajstić information content (AvgIpc) is 2.63. The summed E-state index contributed by atoms with van der Waals surface area (Å²) in [5.41, 5.74) is 0.0996. The van der Waals surface area contributed by atoms with Crippen molar-refractivity contribution in [3.63, 3.8) is 0 Å². The summed E-state index contributed by atoms with van der Waals surface area (Å²) in [4.78, 5) is 11.6. The van der Waals surface area contributed by atoms with E-state index < -0.39 is 6.10 Å². The maximum Gasteiger partial charge on any atom is 0.273 e. The number of carbonyl (C=O) groups excluding carboxylic acids is 1. The van der Waals surface area contributed by atoms with Crippen molar-refractivity contribution in [2.24, 2.45) is 5.41 Å². The van der Waals surface area contributed by atoms with Crippen molar-refractivity contribution < 1.29 is 14.4 Å². The van der Waals surface area contributed by atoms with Gasteiger partial charge in [-0.05, 0) is 18.8 Å². The molecule has 0 saturated heterocycles. The number of aryl methyl sites for hydroxylation is 1. The molecule has 0 saturated carbocycles. The molecule has 0 spiro atoms. The molecule has 5 heteroatoms. The quantitative estimate of drug-likeness (QED) is 0.836. The van der Waals surface area contributed by atoms with Gasteiger partial charge in [0, 0.05) is 12.6 Å². The first-order valence-corrected chi connectivity index (χ1v) is 5.70. The number of nitrogens with one attached hydrogen (secondary N) is 1. The third-order valence-corrected chi connectivity index (χ3v) is 2.56. The van der Waals surface area contributed by atoms with E-state index in [1.54, 1.807) is 13.0 Å². The van der Waals surface area contributed by atoms with Crippen molar-refractivity contribution in [3.8, 4) is 0 Å². The molecule has 1 rings (SSSR count). The highest BCUT2D eigenvalue weighted by Gasteiger charge is 2.21. The Morgan fingerprint density at radius 3 is 2.71 bits per heavy atom. The molecule has 5 nitrogen and oxygen atoms in total. The van der Waals surface area contributed by atoms with Gasteiger partial charge in [-0.2, -0.15) is 0 Å². The minimum atomic E-state index is -0.443. The first-order valence-electron chi connectivity index (χ1n) is 5.70. The van der Waals surface area contributed by atoms with Crippen molar-refractivity contribution in [2.45, 2.75) is 40.2 Å². The zero-order valence-electron chi connectivity index (χ0n) is 10.8. The van der Waals surface area contributed by atoms with Gasteiger partial charge in [0.2, 0.25) is 0 Å². The minimum Gasteiger partial charge on any atom is -0.393 e. The highest BCUT2D eigenvalue weighted by molar-refractivity contribution is 5.92. The van der Waals surface area contributed by atoms with Crippen LogP contribution in [0.15, 0.2) is 10.6 Å². The van der Waals surface area contributed by atoms with Gasteiger partial charge in [-0.15, -0.1) is 0 Å². The smallest absolute Gasteiger partial charge is 0.273 e. The van der Waals surface area contributed by atoms with Crippen LogP contribution >= 0.6 is 0 Å². The summed E-state index contributed by atoms with van der Waals surface area (Å²) in [5, 5.41) is 16.1. The van der Waals surface area contributed by atoms with Crippen molar-refractivity contribution in [3.05, 3.63) is 17.5 Å². The lowest BCUT2D eigenvalue weighted by Crippen LogP contribution is -2.32. The molecule has 2 N–H and O–H groups in total. The van der Waals surface area contributed by atoms with Crippen molar-refractivity contribution in [2.75, 3.05) is 6.54 Å². The monoisotopic (exact) mass is 240 g/mol. The molecule has 0 aliphatic carbocycles. The van der Waals surface area contributed by atoms with E-state index in [4.69, 9.17) is 4.52 Å². The zero-order chi connectivity index (χ0) is 13.1. The molecule has 0 fully saturated rings. The second kappa shape index (κ2) is 5.31. The summed E-state index contributed by atoms with van der Waals surface area (Å²) in [6, 6.07) is 1.58. The van der Waals surface area contributed by atoms with Crippen LogP contribution in [0.25, 0.3) is 0 Å². The second-order valence-electron chi connectivity index (χ2n) is 5.25. The van der Waals surface area contributed by atoms with Gasteiger partial charge in [0.25, 0.3) is 5.91 Å². The Morgan fingerprint density at radius 1 is 1.59 bits per heavy atom. The molecule has 1 aromatic rings. The summed E-state index contributed by atoms with van der Waals surface area (Å²) in [5.74, 6) is 0.327. The van der Waals surface area contributed by atoms with Crippen LogP contribution in [0.3, 0.4) is 0 Å². The zero-order valence-corrected chi connectivity index (χ0v) is 10.8. The van der Waals surface area contributed by atoms with Crippen LogP contribution < -0.4 is 5.32 Å². The van der Waals surface area contributed by atoms with Gasteiger partial charge in [0.15, 0.2) is 5.69 Å². The Balaban J connectivity index is 2.35. The Bertz CT molecular complexity index is 379. The predicted octanol–water partition coefficient (Wildman–Crippen LogP) is 1.51. The topological polar surface area (TPSA) is 75.4 Å². The number of aliphatic hydroxyl groups excluding tert-OH is 1. The molecule has 1 aromatic heterocycles. The third-order valence-electron chi connectivity index (χ3n) is 2.56. The fourth-order valence-corrected chi connectivity index (χ4v) is 1.32. The summed E-state index contributed by atoms with van der Waals surface area (Å²) in [6.45, 7) is 8.03. The minimum absolute atomic E-state index is 0.171. The van der Waals surface area contributed by atoms with E-state index >= 15 is 0 Å². The van der Waals surface area contributed by atoms with E-state index in [1.807, 2.05) is 20.8 Å². The lowest BCUT2D eigenvalue weighted by Gasteiger charge is -2.25. The normalized spacial score (nSPS) is 13.5. The van der Waals surface area contributed by atoms with Gasteiger partial charge in [0.05, 0.1) is 6.10 Å². The third kappa shape index (κ3) is 4.19. The summed E-state index contributed by atoms with van der Waals surface area (Å²) < 4.78 is 4.81. The summed E-state index contributed by atoms with van der Waals surface area (Å²) in [6.07, 6.45) is 0.0772. The van der Waals surface area contributed by atoms with Crippen LogP contribution in [-0.4, -0.2) is 28.8 Å². The summed E-state index contributed by atoms with van der Waals surface area (Å²) >= 11 is 0. The number of aliphatic hydroxyl groups is 1. The van der Waals surface area contributed by atoms with Crippen LogP contribution in [0, 0.1) is 12.3 Å². The van der Waals surface area contributed by atoms with Crippen molar-refractivity contribution >= 4 is 5.91 Å². The molecule has 96 valence electrons. The lowest BCUT2D eigenvalue weighted by atomic mass is 9.87. The maximum absolute atomic E-state index is 11.6. The highest BCUT2D eigenvalue weighted by Crippen LogP contribution is 2.20. The molecule has 1 heterocycles. The highest BCUT2D eigenvalue weighted by atomic mass is 16.5. The molecular weight excluding hydrogens is 220 g/mol. The van der Waals surface area contributed by atoms with Crippen LogP contribution in [0.4, 0.5) is 0 Å². The fourth-order valence-electron chi connectivity index (χ4n) is 1.32. The molecule has 0 aliphatic rings. The molecule has 17 heavy (non-hydrogen) atoms. The maximum atomic E-state index is 11.6. The fraction of sp³-hybridized carbons (Fsp3) is 0.667. The number of hydrogen-bond donors (Lipinski definition) is 2. The number of nitrogens with zero attached hydrogens (tertiary/aromatic N) is 1. The van der Waals surface area contributed by atoms with E-state index in [9.17, 15) is 9.90 Å². The van der Waals surface area contributed by atoms with Crippen molar-refractivity contribution in [1.29, 1.82) is 0 Å². The Kier molecular flexibility index (Phi) is 4.28. The van der Waals surface area contributed by atoms with E-state index in [-0.39, 0.29) is 17.0 Å². The second-order valence-corrected chi connectivity index (χ2v) is 5.25. The molecule has 1 unspecified atom stereocenters. The van der Waals surface area contributed by atoms with E-state index in [2.05, 4.69) is 10.5 Å². The largest absolute Gasteiger partial charge is 0.393 e. The van der Waals surface area contributed by atoms with E-state index in [1.165, 1.54) is 0 Å². The molecule has 1 amide bonds. The molecule has 0 radical (unpaired) electrons. The van der Waals surface area contributed by atoms with Gasteiger partial charge in [-0.1, -0.05) is 25.9 Å². The van der Waals surface area contributed by atoms with Gasteiger partial charge in [-0.3, -0.25) is 4.79 Å². The average molecular weight is 240 g/mol. The van der Waals surface area contributed by atoms with Crippen molar-refractivity contribution in [1.82, 2.24) is 10.5 Å². The van der Waals surface area contributed by atoms with Crippen LogP contribution in [0.5, 0.6) is 0 Å². The molecular formula is C12H20N2O3. The predicted molar refractivity (Wildman–Crippen MR) is 63.7 cm³/mol. The number of aromatic nitrogens is 1. The van der Waals surface area contributed by atoms with Crippen LogP contribution in [0.1, 0.15) is 43.4 Å². The number of hydrogen-bond acceptors (Lipinski definition) is 4. The van der Waals surface area contributed by atoms with Crippen LogP contribution in [0.2, 0.25) is 0 Å². The first kappa shape index (κ1) is 13.7. The van der Waals surface area contributed by atoms with Gasteiger partial charge in [-0.25, -0.2) is 0 Å². The Labute approximate surface area is 101 Å². The number of amides is 1. The molecule has 0 aromatic carbocycles. The number of carbonyl (C=O) groups is 1. The molecule has 0 aliphatic heterocycles.